The van der Waals surface area contributed by atoms with Gasteiger partial charge in [-0.15, -0.1) is 0 Å². The Kier molecular flexibility index (Phi) is 4.87. The molecule has 0 saturated heterocycles. The summed E-state index contributed by atoms with van der Waals surface area (Å²) < 4.78 is 8.72. The van der Waals surface area contributed by atoms with Crippen LogP contribution in [-0.4, -0.2) is 18.3 Å². The first-order chi connectivity index (χ1) is 7.11. The molecule has 0 aliphatic rings. The molecule has 0 N–H and O–H groups in total. The lowest BCUT2D eigenvalue weighted by atomic mass is 10.1. The van der Waals surface area contributed by atoms with Crippen molar-refractivity contribution < 1.29 is 4.74 Å². The van der Waals surface area contributed by atoms with Gasteiger partial charge in [-0.3, -0.25) is 0 Å². The largest absolute Gasteiger partial charge is 0.383 e. The number of ether oxygens (including phenoxy) is 1. The Hall–Kier alpha value is -0.280. The van der Waals surface area contributed by atoms with E-state index in [1.807, 2.05) is 0 Å². The van der Waals surface area contributed by atoms with Gasteiger partial charge in [-0.05, 0) is 41.3 Å². The molecule has 0 bridgehead atoms. The molecule has 0 fully saturated rings. The maximum absolute atomic E-state index is 5.14. The normalized spacial score (nSPS) is 13.1. The molecular weight excluding hydrogens is 254 g/mol. The topological polar surface area (TPSA) is 14.2 Å². The minimum Gasteiger partial charge on any atom is -0.383 e. The Morgan fingerprint density at radius 2 is 2.20 bits per heavy atom. The van der Waals surface area contributed by atoms with Crippen molar-refractivity contribution in [2.24, 2.45) is 0 Å². The van der Waals surface area contributed by atoms with Crippen LogP contribution < -0.4 is 0 Å². The van der Waals surface area contributed by atoms with Crippen LogP contribution in [0.4, 0.5) is 0 Å². The molecule has 0 saturated carbocycles. The number of hydrogen-bond acceptors (Lipinski definition) is 1. The van der Waals surface area contributed by atoms with Gasteiger partial charge in [0.2, 0.25) is 0 Å². The fraction of sp³-hybridized carbons (Fsp3) is 0.667. The van der Waals surface area contributed by atoms with Crippen LogP contribution >= 0.6 is 15.9 Å². The van der Waals surface area contributed by atoms with Gasteiger partial charge in [0.25, 0.3) is 0 Å². The molecule has 15 heavy (non-hydrogen) atoms. The third-order valence-electron chi connectivity index (χ3n) is 2.90. The van der Waals surface area contributed by atoms with Crippen LogP contribution in [0.2, 0.25) is 0 Å². The van der Waals surface area contributed by atoms with Gasteiger partial charge in [-0.1, -0.05) is 13.8 Å². The number of aryl methyl sites for hydroxylation is 1. The van der Waals surface area contributed by atoms with Crippen LogP contribution in [-0.2, 0) is 11.3 Å². The Labute approximate surface area is 101 Å². The maximum Gasteiger partial charge on any atom is 0.0641 e. The van der Waals surface area contributed by atoms with Crippen LogP contribution in [0.3, 0.4) is 0 Å². The zero-order chi connectivity index (χ0) is 11.4. The minimum absolute atomic E-state index is 0.588. The first kappa shape index (κ1) is 12.8. The lowest BCUT2D eigenvalue weighted by Crippen LogP contribution is -2.11. The minimum atomic E-state index is 0.588. The standard InChI is InChI=1S/C12H20BrNO/c1-5-9(2)12-11(13)8-10(3)14(12)6-7-15-4/h8-9H,5-7H2,1-4H3. The second-order valence-corrected chi connectivity index (χ2v) is 4.83. The molecule has 1 aromatic heterocycles. The van der Waals surface area contributed by atoms with E-state index in [1.54, 1.807) is 7.11 Å². The van der Waals surface area contributed by atoms with Crippen LogP contribution in [0, 0.1) is 6.92 Å². The average molecular weight is 274 g/mol. The van der Waals surface area contributed by atoms with E-state index < -0.39 is 0 Å². The molecule has 1 aromatic rings. The van der Waals surface area contributed by atoms with Crippen molar-refractivity contribution in [2.45, 2.75) is 39.7 Å². The van der Waals surface area contributed by atoms with Gasteiger partial charge < -0.3 is 9.30 Å². The van der Waals surface area contributed by atoms with Crippen molar-refractivity contribution >= 4 is 15.9 Å². The fourth-order valence-corrected chi connectivity index (χ4v) is 2.76. The third-order valence-corrected chi connectivity index (χ3v) is 3.53. The van der Waals surface area contributed by atoms with Gasteiger partial charge in [-0.2, -0.15) is 0 Å². The molecule has 1 atom stereocenters. The molecular formula is C12H20BrNO. The first-order valence-electron chi connectivity index (χ1n) is 5.46. The van der Waals surface area contributed by atoms with Crippen molar-refractivity contribution in [2.75, 3.05) is 13.7 Å². The van der Waals surface area contributed by atoms with Crippen LogP contribution in [0.1, 0.15) is 37.6 Å². The van der Waals surface area contributed by atoms with Gasteiger partial charge in [0.1, 0.15) is 0 Å². The van der Waals surface area contributed by atoms with Crippen LogP contribution in [0.5, 0.6) is 0 Å². The second-order valence-electron chi connectivity index (χ2n) is 3.97. The monoisotopic (exact) mass is 273 g/mol. The smallest absolute Gasteiger partial charge is 0.0641 e. The molecule has 2 nitrogen and oxygen atoms in total. The van der Waals surface area contributed by atoms with E-state index in [4.69, 9.17) is 4.74 Å². The Balaban J connectivity index is 3.00. The number of rotatable bonds is 5. The summed E-state index contributed by atoms with van der Waals surface area (Å²) >= 11 is 3.64. The Morgan fingerprint density at radius 1 is 1.53 bits per heavy atom. The number of aromatic nitrogens is 1. The van der Waals surface area contributed by atoms with Gasteiger partial charge in [-0.25, -0.2) is 0 Å². The number of hydrogen-bond donors (Lipinski definition) is 0. The molecule has 3 heteroatoms. The van der Waals surface area contributed by atoms with E-state index >= 15 is 0 Å². The summed E-state index contributed by atoms with van der Waals surface area (Å²) in [5.41, 5.74) is 2.70. The molecule has 1 unspecified atom stereocenters. The highest BCUT2D eigenvalue weighted by Crippen LogP contribution is 2.30. The lowest BCUT2D eigenvalue weighted by Gasteiger charge is -2.16. The number of nitrogens with zero attached hydrogens (tertiary/aromatic N) is 1. The number of halogens is 1. The summed E-state index contributed by atoms with van der Waals surface area (Å²) in [5.74, 6) is 0.588. The molecule has 0 aliphatic heterocycles. The summed E-state index contributed by atoms with van der Waals surface area (Å²) in [6, 6.07) is 2.19. The average Bonchev–Trinajstić information content (AvgIpc) is 2.49. The summed E-state index contributed by atoms with van der Waals surface area (Å²) in [4.78, 5) is 0. The first-order valence-corrected chi connectivity index (χ1v) is 6.25. The molecule has 1 heterocycles. The van der Waals surface area contributed by atoms with Crippen molar-refractivity contribution in [1.82, 2.24) is 4.57 Å². The summed E-state index contributed by atoms with van der Waals surface area (Å²) in [5, 5.41) is 0. The quantitative estimate of drug-likeness (QED) is 0.798. The maximum atomic E-state index is 5.14. The van der Waals surface area contributed by atoms with Gasteiger partial charge in [0.15, 0.2) is 0 Å². The summed E-state index contributed by atoms with van der Waals surface area (Å²) in [6.07, 6.45) is 1.16. The highest BCUT2D eigenvalue weighted by molar-refractivity contribution is 9.10. The van der Waals surface area contributed by atoms with E-state index in [0.717, 1.165) is 19.6 Å². The Morgan fingerprint density at radius 3 is 2.73 bits per heavy atom. The molecule has 0 spiro atoms. The molecule has 0 radical (unpaired) electrons. The lowest BCUT2D eigenvalue weighted by molar-refractivity contribution is 0.185. The van der Waals surface area contributed by atoms with E-state index in [0.29, 0.717) is 5.92 Å². The van der Waals surface area contributed by atoms with Crippen molar-refractivity contribution in [3.8, 4) is 0 Å². The highest BCUT2D eigenvalue weighted by Gasteiger charge is 2.15. The number of methoxy groups -OCH3 is 1. The predicted octanol–water partition coefficient (Wildman–Crippen LogP) is 3.72. The fourth-order valence-electron chi connectivity index (χ4n) is 1.83. The van der Waals surface area contributed by atoms with E-state index in [2.05, 4.69) is 47.3 Å². The van der Waals surface area contributed by atoms with Gasteiger partial charge >= 0.3 is 0 Å². The Bertz CT molecular complexity index is 320. The van der Waals surface area contributed by atoms with Crippen LogP contribution in [0.15, 0.2) is 10.5 Å². The summed E-state index contributed by atoms with van der Waals surface area (Å²) in [6.45, 7) is 8.34. The molecule has 86 valence electrons. The third kappa shape index (κ3) is 2.85. The highest BCUT2D eigenvalue weighted by atomic mass is 79.9. The van der Waals surface area contributed by atoms with Crippen molar-refractivity contribution in [3.63, 3.8) is 0 Å². The SMILES string of the molecule is CCC(C)c1c(Br)cc(C)n1CCOC. The second kappa shape index (κ2) is 5.71. The van der Waals surface area contributed by atoms with Crippen molar-refractivity contribution in [3.05, 3.63) is 21.9 Å². The van der Waals surface area contributed by atoms with Crippen molar-refractivity contribution in [1.29, 1.82) is 0 Å². The zero-order valence-electron chi connectivity index (χ0n) is 10.0. The summed E-state index contributed by atoms with van der Waals surface area (Å²) in [7, 11) is 1.75. The van der Waals surface area contributed by atoms with Crippen LogP contribution in [0.25, 0.3) is 0 Å². The van der Waals surface area contributed by atoms with Gasteiger partial charge in [0.05, 0.1) is 6.61 Å². The van der Waals surface area contributed by atoms with E-state index in [1.165, 1.54) is 15.9 Å². The van der Waals surface area contributed by atoms with E-state index in [9.17, 15) is 0 Å². The molecule has 1 rings (SSSR count). The zero-order valence-corrected chi connectivity index (χ0v) is 11.6. The van der Waals surface area contributed by atoms with Gasteiger partial charge in [0, 0.05) is 29.5 Å². The van der Waals surface area contributed by atoms with E-state index in [-0.39, 0.29) is 0 Å². The molecule has 0 amide bonds. The predicted molar refractivity (Wildman–Crippen MR) is 67.5 cm³/mol. The molecule has 0 aromatic carbocycles. The molecule has 0 aliphatic carbocycles.